The smallest absolute Gasteiger partial charge is 0.321 e. The van der Waals surface area contributed by atoms with Crippen LogP contribution in [0.3, 0.4) is 0 Å². The van der Waals surface area contributed by atoms with Crippen molar-refractivity contribution in [3.05, 3.63) is 0 Å². The van der Waals surface area contributed by atoms with E-state index >= 15 is 0 Å². The Morgan fingerprint density at radius 2 is 1.78 bits per heavy atom. The Labute approximate surface area is 135 Å². The number of amides is 4. The van der Waals surface area contributed by atoms with Gasteiger partial charge in [-0.1, -0.05) is 19.3 Å². The third-order valence-electron chi connectivity index (χ3n) is 3.56. The molecular formula is C15H25N3O5. The number of urea groups is 1. The summed E-state index contributed by atoms with van der Waals surface area (Å²) in [6.45, 7) is 2.87. The van der Waals surface area contributed by atoms with E-state index in [2.05, 4.69) is 16.0 Å². The van der Waals surface area contributed by atoms with E-state index in [1.807, 2.05) is 0 Å². The van der Waals surface area contributed by atoms with Crippen molar-refractivity contribution in [1.29, 1.82) is 0 Å². The molecule has 8 nitrogen and oxygen atoms in total. The molecule has 1 rings (SSSR count). The first-order valence-corrected chi connectivity index (χ1v) is 7.93. The fraction of sp³-hybridized carbons (Fsp3) is 0.733. The minimum absolute atomic E-state index is 0.0362. The predicted octanol–water partition coefficient (Wildman–Crippen LogP) is 0.603. The average molecular weight is 327 g/mol. The molecule has 23 heavy (non-hydrogen) atoms. The topological polar surface area (TPSA) is 114 Å². The van der Waals surface area contributed by atoms with Crippen LogP contribution >= 0.6 is 0 Å². The van der Waals surface area contributed by atoms with Crippen LogP contribution in [0.25, 0.3) is 0 Å². The van der Waals surface area contributed by atoms with E-state index in [-0.39, 0.29) is 24.9 Å². The molecule has 0 aromatic carbocycles. The molecule has 0 aromatic heterocycles. The summed E-state index contributed by atoms with van der Waals surface area (Å²) in [6, 6.07) is -0.477. The van der Waals surface area contributed by atoms with Crippen molar-refractivity contribution in [2.45, 2.75) is 64.5 Å². The van der Waals surface area contributed by atoms with Gasteiger partial charge in [0.2, 0.25) is 5.91 Å². The van der Waals surface area contributed by atoms with Crippen LogP contribution in [0.2, 0.25) is 0 Å². The molecule has 3 N–H and O–H groups in total. The lowest BCUT2D eigenvalue weighted by Crippen LogP contribution is -2.48. The van der Waals surface area contributed by atoms with Gasteiger partial charge in [-0.3, -0.25) is 19.7 Å². The first-order chi connectivity index (χ1) is 10.9. The minimum Gasteiger partial charge on any atom is -0.452 e. The van der Waals surface area contributed by atoms with E-state index in [0.717, 1.165) is 25.7 Å². The standard InChI is InChI=1S/C15H25N3O5/c1-10(23-13(20)8-9-16-11(2)19)14(21)18-15(22)17-12-6-4-3-5-7-12/h10,12H,3-9H2,1-2H3,(H,16,19)(H2,17,18,21,22)/t10-/m1/s1. The zero-order chi connectivity index (χ0) is 17.2. The lowest BCUT2D eigenvalue weighted by atomic mass is 9.96. The summed E-state index contributed by atoms with van der Waals surface area (Å²) >= 11 is 0. The fourth-order valence-electron chi connectivity index (χ4n) is 2.33. The van der Waals surface area contributed by atoms with E-state index < -0.39 is 24.0 Å². The van der Waals surface area contributed by atoms with Crippen LogP contribution in [0.1, 0.15) is 52.4 Å². The van der Waals surface area contributed by atoms with Gasteiger partial charge in [0.05, 0.1) is 6.42 Å². The number of imide groups is 1. The number of esters is 1. The number of ether oxygens (including phenoxy) is 1. The highest BCUT2D eigenvalue weighted by molar-refractivity contribution is 5.97. The molecule has 0 aromatic rings. The highest BCUT2D eigenvalue weighted by Crippen LogP contribution is 2.17. The first kappa shape index (κ1) is 18.9. The molecule has 4 amide bonds. The number of carbonyl (C=O) groups is 4. The normalized spacial score (nSPS) is 16.1. The molecule has 130 valence electrons. The number of rotatable bonds is 6. The van der Waals surface area contributed by atoms with Crippen molar-refractivity contribution in [3.63, 3.8) is 0 Å². The summed E-state index contributed by atoms with van der Waals surface area (Å²) in [5.41, 5.74) is 0. The van der Waals surface area contributed by atoms with Gasteiger partial charge in [-0.15, -0.1) is 0 Å². The van der Waals surface area contributed by atoms with Crippen molar-refractivity contribution in [1.82, 2.24) is 16.0 Å². The van der Waals surface area contributed by atoms with Crippen LogP contribution in [0.5, 0.6) is 0 Å². The largest absolute Gasteiger partial charge is 0.452 e. The maximum absolute atomic E-state index is 11.8. The highest BCUT2D eigenvalue weighted by Gasteiger charge is 2.22. The molecule has 0 radical (unpaired) electrons. The van der Waals surface area contributed by atoms with Crippen LogP contribution in [0.15, 0.2) is 0 Å². The van der Waals surface area contributed by atoms with E-state index in [1.165, 1.54) is 20.3 Å². The maximum Gasteiger partial charge on any atom is 0.321 e. The molecule has 0 spiro atoms. The molecule has 0 aliphatic heterocycles. The van der Waals surface area contributed by atoms with Gasteiger partial charge in [-0.05, 0) is 19.8 Å². The molecule has 0 heterocycles. The third-order valence-corrected chi connectivity index (χ3v) is 3.56. The fourth-order valence-corrected chi connectivity index (χ4v) is 2.33. The molecule has 1 saturated carbocycles. The monoisotopic (exact) mass is 327 g/mol. The Hall–Kier alpha value is -2.12. The van der Waals surface area contributed by atoms with Crippen LogP contribution in [0.4, 0.5) is 4.79 Å². The first-order valence-electron chi connectivity index (χ1n) is 7.93. The molecule has 0 unspecified atom stereocenters. The molecule has 1 aliphatic rings. The Bertz CT molecular complexity index is 446. The molecule has 8 heteroatoms. The second-order valence-corrected chi connectivity index (χ2v) is 5.66. The lowest BCUT2D eigenvalue weighted by Gasteiger charge is -2.23. The van der Waals surface area contributed by atoms with E-state index in [4.69, 9.17) is 4.74 Å². The van der Waals surface area contributed by atoms with Gasteiger partial charge in [-0.25, -0.2) is 4.79 Å². The summed E-state index contributed by atoms with van der Waals surface area (Å²) in [6.07, 6.45) is 4.03. The highest BCUT2D eigenvalue weighted by atomic mass is 16.5. The zero-order valence-electron chi connectivity index (χ0n) is 13.6. The number of carbonyl (C=O) groups excluding carboxylic acids is 4. The maximum atomic E-state index is 11.8. The number of hydrogen-bond donors (Lipinski definition) is 3. The zero-order valence-corrected chi connectivity index (χ0v) is 13.6. The van der Waals surface area contributed by atoms with Crippen molar-refractivity contribution in [3.8, 4) is 0 Å². The van der Waals surface area contributed by atoms with Gasteiger partial charge in [0, 0.05) is 19.5 Å². The number of nitrogens with one attached hydrogen (secondary N) is 3. The second kappa shape index (κ2) is 9.81. The van der Waals surface area contributed by atoms with Gasteiger partial charge >= 0.3 is 12.0 Å². The molecule has 0 bridgehead atoms. The third kappa shape index (κ3) is 8.18. The van der Waals surface area contributed by atoms with Crippen LogP contribution < -0.4 is 16.0 Å². The van der Waals surface area contributed by atoms with E-state index in [0.29, 0.717) is 0 Å². The average Bonchev–Trinajstić information content (AvgIpc) is 2.47. The summed E-state index contributed by atoms with van der Waals surface area (Å²) in [5, 5.41) is 7.37. The quantitative estimate of drug-likeness (QED) is 0.618. The molecule has 1 aliphatic carbocycles. The summed E-state index contributed by atoms with van der Waals surface area (Å²) < 4.78 is 4.90. The van der Waals surface area contributed by atoms with Crippen LogP contribution in [-0.2, 0) is 19.1 Å². The van der Waals surface area contributed by atoms with Crippen LogP contribution in [-0.4, -0.2) is 42.5 Å². The van der Waals surface area contributed by atoms with E-state index in [1.54, 1.807) is 0 Å². The summed E-state index contributed by atoms with van der Waals surface area (Å²) in [7, 11) is 0. The number of hydrogen-bond acceptors (Lipinski definition) is 5. The van der Waals surface area contributed by atoms with Gasteiger partial charge < -0.3 is 15.4 Å². The van der Waals surface area contributed by atoms with E-state index in [9.17, 15) is 19.2 Å². The van der Waals surface area contributed by atoms with Crippen molar-refractivity contribution < 1.29 is 23.9 Å². The Kier molecular flexibility index (Phi) is 8.07. The summed E-state index contributed by atoms with van der Waals surface area (Å²) in [4.78, 5) is 45.7. The van der Waals surface area contributed by atoms with Crippen molar-refractivity contribution in [2.75, 3.05) is 6.54 Å². The molecule has 1 atom stereocenters. The van der Waals surface area contributed by atoms with Gasteiger partial charge in [0.15, 0.2) is 6.10 Å². The van der Waals surface area contributed by atoms with Gasteiger partial charge in [0.25, 0.3) is 5.91 Å². The second-order valence-electron chi connectivity index (χ2n) is 5.66. The Balaban J connectivity index is 2.25. The molecular weight excluding hydrogens is 302 g/mol. The van der Waals surface area contributed by atoms with Crippen LogP contribution in [0, 0.1) is 0 Å². The predicted molar refractivity (Wildman–Crippen MR) is 82.4 cm³/mol. The summed E-state index contributed by atoms with van der Waals surface area (Å²) in [5.74, 6) is -1.54. The SMILES string of the molecule is CC(=O)NCCC(=O)O[C@H](C)C(=O)NC(=O)NC1CCCCC1. The van der Waals surface area contributed by atoms with Gasteiger partial charge in [-0.2, -0.15) is 0 Å². The van der Waals surface area contributed by atoms with Crippen molar-refractivity contribution in [2.24, 2.45) is 0 Å². The Morgan fingerprint density at radius 3 is 2.39 bits per heavy atom. The Morgan fingerprint density at radius 1 is 1.13 bits per heavy atom. The molecule has 0 saturated heterocycles. The minimum atomic E-state index is -1.07. The lowest BCUT2D eigenvalue weighted by molar-refractivity contribution is -0.154. The van der Waals surface area contributed by atoms with Gasteiger partial charge in [0.1, 0.15) is 0 Å². The van der Waals surface area contributed by atoms with Crippen molar-refractivity contribution >= 4 is 23.8 Å². The molecule has 1 fully saturated rings.